The van der Waals surface area contributed by atoms with E-state index in [-0.39, 0.29) is 24.2 Å². The van der Waals surface area contributed by atoms with Gasteiger partial charge in [-0.15, -0.1) is 12.4 Å². The Kier molecular flexibility index (Phi) is 9.58. The number of nitrogens with zero attached hydrogens (tertiary/aromatic N) is 1. The summed E-state index contributed by atoms with van der Waals surface area (Å²) in [7, 11) is 6.19. The molecular formula is C24H30ClN3O6. The number of ether oxygens (including phenoxy) is 4. The second kappa shape index (κ2) is 12.2. The highest BCUT2D eigenvalue weighted by Gasteiger charge is 2.20. The van der Waals surface area contributed by atoms with Gasteiger partial charge in [-0.1, -0.05) is 18.1 Å². The molecule has 0 saturated carbocycles. The van der Waals surface area contributed by atoms with Crippen molar-refractivity contribution < 1.29 is 28.3 Å². The molecule has 3 N–H and O–H groups in total. The van der Waals surface area contributed by atoms with Crippen LogP contribution in [0.2, 0.25) is 0 Å². The second-order valence-electron chi connectivity index (χ2n) is 7.50. The maximum Gasteiger partial charge on any atom is 0.224 e. The van der Waals surface area contributed by atoms with Gasteiger partial charge in [-0.3, -0.25) is 4.79 Å². The number of hydrogen-bond acceptors (Lipinski definition) is 8. The monoisotopic (exact) mass is 491 g/mol. The number of methoxy groups -OCH3 is 4. The van der Waals surface area contributed by atoms with E-state index >= 15 is 0 Å². The van der Waals surface area contributed by atoms with Gasteiger partial charge in [0.15, 0.2) is 11.5 Å². The fourth-order valence-electron chi connectivity index (χ4n) is 3.44. The van der Waals surface area contributed by atoms with Gasteiger partial charge in [0.25, 0.3) is 0 Å². The van der Waals surface area contributed by atoms with Crippen LogP contribution in [0, 0.1) is 5.92 Å². The van der Waals surface area contributed by atoms with Crippen LogP contribution in [0.15, 0.2) is 41.1 Å². The van der Waals surface area contributed by atoms with Crippen LogP contribution in [0.3, 0.4) is 0 Å². The Bertz CT molecular complexity index is 1090. The van der Waals surface area contributed by atoms with Gasteiger partial charge in [0.1, 0.15) is 17.7 Å². The van der Waals surface area contributed by atoms with Crippen LogP contribution in [0.25, 0.3) is 22.4 Å². The predicted molar refractivity (Wildman–Crippen MR) is 132 cm³/mol. The van der Waals surface area contributed by atoms with Crippen molar-refractivity contribution in [1.82, 2.24) is 5.16 Å². The fourth-order valence-corrected chi connectivity index (χ4v) is 3.44. The first-order valence-corrected chi connectivity index (χ1v) is 10.4. The lowest BCUT2D eigenvalue weighted by molar-refractivity contribution is -0.116. The van der Waals surface area contributed by atoms with E-state index in [2.05, 4.69) is 10.5 Å². The molecule has 1 aromatic heterocycles. The van der Waals surface area contributed by atoms with E-state index in [0.29, 0.717) is 52.9 Å². The molecule has 34 heavy (non-hydrogen) atoms. The Morgan fingerprint density at radius 3 is 2.21 bits per heavy atom. The molecule has 0 bridgehead atoms. The maximum absolute atomic E-state index is 12.4. The zero-order valence-electron chi connectivity index (χ0n) is 19.8. The van der Waals surface area contributed by atoms with E-state index < -0.39 is 0 Å². The first kappa shape index (κ1) is 26.8. The second-order valence-corrected chi connectivity index (χ2v) is 7.50. The molecule has 0 radical (unpaired) electrons. The van der Waals surface area contributed by atoms with Crippen molar-refractivity contribution in [3.63, 3.8) is 0 Å². The van der Waals surface area contributed by atoms with E-state index in [4.69, 9.17) is 29.2 Å². The first-order valence-electron chi connectivity index (χ1n) is 10.4. The van der Waals surface area contributed by atoms with Crippen molar-refractivity contribution >= 4 is 24.0 Å². The Labute approximate surface area is 204 Å². The topological polar surface area (TPSA) is 118 Å². The molecule has 0 saturated heterocycles. The highest BCUT2D eigenvalue weighted by Crippen LogP contribution is 2.43. The zero-order chi connectivity index (χ0) is 24.0. The third-order valence-corrected chi connectivity index (χ3v) is 5.23. The quantitative estimate of drug-likeness (QED) is 0.428. The highest BCUT2D eigenvalue weighted by molar-refractivity contribution is 5.94. The van der Waals surface area contributed by atoms with Crippen LogP contribution in [0.5, 0.6) is 23.0 Å². The summed E-state index contributed by atoms with van der Waals surface area (Å²) in [4.78, 5) is 12.4. The highest BCUT2D eigenvalue weighted by atomic mass is 35.5. The third kappa shape index (κ3) is 5.73. The molecule has 1 atom stereocenters. The summed E-state index contributed by atoms with van der Waals surface area (Å²) in [6.45, 7) is 2.36. The average molecular weight is 492 g/mol. The van der Waals surface area contributed by atoms with E-state index in [9.17, 15) is 4.79 Å². The number of carbonyl (C=O) groups excluding carboxylic acids is 1. The number of amides is 1. The summed E-state index contributed by atoms with van der Waals surface area (Å²) < 4.78 is 27.1. The van der Waals surface area contributed by atoms with Crippen LogP contribution in [0.1, 0.15) is 13.3 Å². The van der Waals surface area contributed by atoms with Crippen molar-refractivity contribution in [3.05, 3.63) is 36.6 Å². The van der Waals surface area contributed by atoms with Crippen LogP contribution in [0.4, 0.5) is 5.69 Å². The molecule has 0 aliphatic heterocycles. The Hall–Kier alpha value is -3.43. The Morgan fingerprint density at radius 2 is 1.65 bits per heavy atom. The van der Waals surface area contributed by atoms with E-state index in [0.717, 1.165) is 11.1 Å². The van der Waals surface area contributed by atoms with E-state index in [1.165, 1.54) is 0 Å². The number of halogens is 1. The summed E-state index contributed by atoms with van der Waals surface area (Å²) >= 11 is 0. The molecule has 184 valence electrons. The van der Waals surface area contributed by atoms with Crippen molar-refractivity contribution in [1.29, 1.82) is 0 Å². The standard InChI is InChI=1S/C24H29N3O6.ClH/c1-14(12-25)8-22(28)26-18-9-15(6-7-19(18)29-2)17-13-33-27-23(17)16-10-20(30-3)24(32-5)21(11-16)31-4;/h6-7,9-11,13-14H,8,12,25H2,1-5H3,(H,26,28);1H. The normalized spacial score (nSPS) is 11.2. The molecule has 2 aromatic carbocycles. The Balaban J connectivity index is 0.00000408. The van der Waals surface area contributed by atoms with Crippen molar-refractivity contribution in [3.8, 4) is 45.4 Å². The number of hydrogen-bond donors (Lipinski definition) is 2. The zero-order valence-corrected chi connectivity index (χ0v) is 20.7. The summed E-state index contributed by atoms with van der Waals surface area (Å²) in [5.41, 5.74) is 8.98. The lowest BCUT2D eigenvalue weighted by Crippen LogP contribution is -2.20. The minimum absolute atomic E-state index is 0. The van der Waals surface area contributed by atoms with Gasteiger partial charge in [0.2, 0.25) is 11.7 Å². The average Bonchev–Trinajstić information content (AvgIpc) is 3.32. The van der Waals surface area contributed by atoms with Crippen LogP contribution < -0.4 is 30.0 Å². The van der Waals surface area contributed by atoms with Gasteiger partial charge in [-0.05, 0) is 42.3 Å². The number of anilines is 1. The number of nitrogens with one attached hydrogen (secondary N) is 1. The fraction of sp³-hybridized carbons (Fsp3) is 0.333. The first-order chi connectivity index (χ1) is 15.9. The minimum atomic E-state index is -0.140. The maximum atomic E-state index is 12.4. The number of benzene rings is 2. The lowest BCUT2D eigenvalue weighted by atomic mass is 10.00. The van der Waals surface area contributed by atoms with Gasteiger partial charge in [0.05, 0.1) is 34.1 Å². The number of nitrogens with two attached hydrogens (primary N) is 1. The molecule has 3 aromatic rings. The third-order valence-electron chi connectivity index (χ3n) is 5.23. The SMILES string of the molecule is COc1ccc(-c2conc2-c2cc(OC)c(OC)c(OC)c2)cc1NC(=O)CC(C)CN.Cl. The van der Waals surface area contributed by atoms with E-state index in [1.54, 1.807) is 52.9 Å². The van der Waals surface area contributed by atoms with Crippen LogP contribution in [-0.2, 0) is 4.79 Å². The number of carbonyl (C=O) groups is 1. The van der Waals surface area contributed by atoms with Crippen molar-refractivity contribution in [2.24, 2.45) is 11.7 Å². The van der Waals surface area contributed by atoms with Crippen LogP contribution in [-0.4, -0.2) is 46.0 Å². The summed E-state index contributed by atoms with van der Waals surface area (Å²) in [5, 5.41) is 7.11. The molecule has 10 heteroatoms. The molecule has 0 fully saturated rings. The number of aromatic nitrogens is 1. The van der Waals surface area contributed by atoms with Gasteiger partial charge < -0.3 is 34.5 Å². The minimum Gasteiger partial charge on any atom is -0.495 e. The molecular weight excluding hydrogens is 462 g/mol. The predicted octanol–water partition coefficient (Wildman–Crippen LogP) is 4.39. The molecule has 1 unspecified atom stereocenters. The summed E-state index contributed by atoms with van der Waals surface area (Å²) in [6.07, 6.45) is 1.86. The molecule has 1 amide bonds. The van der Waals surface area contributed by atoms with Crippen molar-refractivity contribution in [2.75, 3.05) is 40.3 Å². The molecule has 3 rings (SSSR count). The lowest BCUT2D eigenvalue weighted by Gasteiger charge is -2.15. The van der Waals surface area contributed by atoms with E-state index in [1.807, 2.05) is 19.1 Å². The molecule has 0 aliphatic rings. The van der Waals surface area contributed by atoms with Gasteiger partial charge >= 0.3 is 0 Å². The molecule has 1 heterocycles. The van der Waals surface area contributed by atoms with Crippen LogP contribution >= 0.6 is 12.4 Å². The molecule has 0 aliphatic carbocycles. The smallest absolute Gasteiger partial charge is 0.224 e. The largest absolute Gasteiger partial charge is 0.495 e. The molecule has 0 spiro atoms. The van der Waals surface area contributed by atoms with Gasteiger partial charge in [0, 0.05) is 17.5 Å². The van der Waals surface area contributed by atoms with Crippen molar-refractivity contribution in [2.45, 2.75) is 13.3 Å². The van der Waals surface area contributed by atoms with Gasteiger partial charge in [-0.2, -0.15) is 0 Å². The molecule has 9 nitrogen and oxygen atoms in total. The number of rotatable bonds is 10. The van der Waals surface area contributed by atoms with Gasteiger partial charge in [-0.25, -0.2) is 0 Å². The summed E-state index contributed by atoms with van der Waals surface area (Å²) in [6, 6.07) is 9.05. The Morgan fingerprint density at radius 1 is 1.00 bits per heavy atom. The summed E-state index contributed by atoms with van der Waals surface area (Å²) in [5.74, 6) is 1.95.